The minimum Gasteiger partial charge on any atom is -0.496 e. The fourth-order valence-electron chi connectivity index (χ4n) is 2.19. The van der Waals surface area contributed by atoms with Crippen LogP contribution in [0.4, 0.5) is 8.78 Å². The second-order valence-electron chi connectivity index (χ2n) is 4.55. The van der Waals surface area contributed by atoms with Gasteiger partial charge in [-0.25, -0.2) is 14.2 Å². The van der Waals surface area contributed by atoms with E-state index in [9.17, 15) is 8.78 Å². The van der Waals surface area contributed by atoms with E-state index in [-0.39, 0.29) is 0 Å². The van der Waals surface area contributed by atoms with Crippen LogP contribution in [-0.4, -0.2) is 7.11 Å². The molecular formula is C15H16F2N2O. The molecule has 5 heteroatoms. The van der Waals surface area contributed by atoms with Crippen molar-refractivity contribution in [1.82, 2.24) is 5.43 Å². The quantitative estimate of drug-likeness (QED) is 0.668. The molecule has 0 heterocycles. The van der Waals surface area contributed by atoms with Crippen LogP contribution in [0, 0.1) is 18.6 Å². The lowest BCUT2D eigenvalue weighted by molar-refractivity contribution is 0.404. The molecule has 0 aromatic heterocycles. The molecule has 0 aliphatic carbocycles. The molecule has 0 aliphatic rings. The van der Waals surface area contributed by atoms with Gasteiger partial charge in [-0.1, -0.05) is 17.7 Å². The lowest BCUT2D eigenvalue weighted by Crippen LogP contribution is -2.29. The first-order valence-electron chi connectivity index (χ1n) is 6.12. The number of halogens is 2. The van der Waals surface area contributed by atoms with Crippen molar-refractivity contribution in [2.24, 2.45) is 5.84 Å². The lowest BCUT2D eigenvalue weighted by Gasteiger charge is -2.20. The van der Waals surface area contributed by atoms with Crippen molar-refractivity contribution in [3.8, 4) is 5.75 Å². The molecule has 0 aliphatic heterocycles. The summed E-state index contributed by atoms with van der Waals surface area (Å²) in [5.74, 6) is 4.87. The van der Waals surface area contributed by atoms with Gasteiger partial charge in [0, 0.05) is 11.6 Å². The van der Waals surface area contributed by atoms with Gasteiger partial charge in [0.25, 0.3) is 0 Å². The Kier molecular flexibility index (Phi) is 4.32. The smallest absolute Gasteiger partial charge is 0.126 e. The lowest BCUT2D eigenvalue weighted by atomic mass is 9.96. The first kappa shape index (κ1) is 14.4. The van der Waals surface area contributed by atoms with Crippen LogP contribution in [0.1, 0.15) is 22.7 Å². The molecule has 2 rings (SSSR count). The highest BCUT2D eigenvalue weighted by Gasteiger charge is 2.18. The van der Waals surface area contributed by atoms with Crippen molar-refractivity contribution < 1.29 is 13.5 Å². The Balaban J connectivity index is 2.54. The minimum absolute atomic E-state index is 0.397. The molecule has 0 saturated heterocycles. The second-order valence-corrected chi connectivity index (χ2v) is 4.55. The van der Waals surface area contributed by atoms with E-state index in [1.807, 2.05) is 19.1 Å². The average molecular weight is 278 g/mol. The van der Waals surface area contributed by atoms with E-state index >= 15 is 0 Å². The third kappa shape index (κ3) is 2.95. The van der Waals surface area contributed by atoms with Gasteiger partial charge in [-0.3, -0.25) is 5.84 Å². The molecule has 2 aromatic carbocycles. The zero-order valence-electron chi connectivity index (χ0n) is 11.3. The molecule has 0 spiro atoms. The summed E-state index contributed by atoms with van der Waals surface area (Å²) in [5, 5.41) is 0. The summed E-state index contributed by atoms with van der Waals surface area (Å²) in [5.41, 5.74) is 4.70. The number of hydrogen-bond acceptors (Lipinski definition) is 3. The predicted molar refractivity (Wildman–Crippen MR) is 73.3 cm³/mol. The molecule has 0 radical (unpaired) electrons. The third-order valence-electron chi connectivity index (χ3n) is 3.08. The van der Waals surface area contributed by atoms with Crippen molar-refractivity contribution in [2.75, 3.05) is 7.11 Å². The molecule has 0 fully saturated rings. The molecule has 1 atom stereocenters. The number of nitrogens with one attached hydrogen (secondary N) is 1. The van der Waals surface area contributed by atoms with Crippen LogP contribution in [0.25, 0.3) is 0 Å². The number of nitrogens with two attached hydrogens (primary N) is 1. The summed E-state index contributed by atoms with van der Waals surface area (Å²) in [4.78, 5) is 0. The van der Waals surface area contributed by atoms with Crippen molar-refractivity contribution in [1.29, 1.82) is 0 Å². The molecule has 2 aromatic rings. The average Bonchev–Trinajstić information content (AvgIpc) is 2.39. The Morgan fingerprint density at radius 1 is 1.10 bits per heavy atom. The molecule has 106 valence electrons. The van der Waals surface area contributed by atoms with E-state index in [2.05, 4.69) is 5.43 Å². The zero-order valence-corrected chi connectivity index (χ0v) is 11.3. The maximum absolute atomic E-state index is 13.4. The Labute approximate surface area is 116 Å². The van der Waals surface area contributed by atoms with Crippen molar-refractivity contribution in [3.05, 3.63) is 64.7 Å². The fourth-order valence-corrected chi connectivity index (χ4v) is 2.19. The molecule has 1 unspecified atom stereocenters. The highest BCUT2D eigenvalue weighted by Crippen LogP contribution is 2.31. The summed E-state index contributed by atoms with van der Waals surface area (Å²) >= 11 is 0. The Bertz CT molecular complexity index is 597. The van der Waals surface area contributed by atoms with Crippen LogP contribution in [0.15, 0.2) is 36.4 Å². The molecule has 0 amide bonds. The van der Waals surface area contributed by atoms with Crippen molar-refractivity contribution in [3.63, 3.8) is 0 Å². The summed E-state index contributed by atoms with van der Waals surface area (Å²) in [6.45, 7) is 1.92. The Morgan fingerprint density at radius 3 is 2.30 bits per heavy atom. The van der Waals surface area contributed by atoms with E-state index in [0.29, 0.717) is 11.3 Å². The summed E-state index contributed by atoms with van der Waals surface area (Å²) in [6, 6.07) is 8.31. The SMILES string of the molecule is COc1ccc(C)cc1C(NN)c1cc(F)cc(F)c1. The number of hydrogen-bond donors (Lipinski definition) is 2. The highest BCUT2D eigenvalue weighted by atomic mass is 19.1. The van der Waals surface area contributed by atoms with E-state index < -0.39 is 17.7 Å². The fraction of sp³-hybridized carbons (Fsp3) is 0.200. The number of aryl methyl sites for hydroxylation is 1. The summed E-state index contributed by atoms with van der Waals surface area (Å²) in [7, 11) is 1.54. The maximum atomic E-state index is 13.4. The first-order chi connectivity index (χ1) is 9.55. The predicted octanol–water partition coefficient (Wildman–Crippen LogP) is 2.83. The van der Waals surface area contributed by atoms with Gasteiger partial charge < -0.3 is 4.74 Å². The van der Waals surface area contributed by atoms with Gasteiger partial charge in [0.1, 0.15) is 17.4 Å². The third-order valence-corrected chi connectivity index (χ3v) is 3.08. The van der Waals surface area contributed by atoms with E-state index in [0.717, 1.165) is 17.2 Å². The van der Waals surface area contributed by atoms with Gasteiger partial charge in [-0.2, -0.15) is 0 Å². The van der Waals surface area contributed by atoms with Crippen molar-refractivity contribution >= 4 is 0 Å². The molecule has 0 bridgehead atoms. The molecule has 3 N–H and O–H groups in total. The van der Waals surface area contributed by atoms with Crippen LogP contribution < -0.4 is 16.0 Å². The van der Waals surface area contributed by atoms with Gasteiger partial charge in [0.05, 0.1) is 13.2 Å². The van der Waals surface area contributed by atoms with Gasteiger partial charge in [0.2, 0.25) is 0 Å². The van der Waals surface area contributed by atoms with Crippen LogP contribution in [-0.2, 0) is 0 Å². The van der Waals surface area contributed by atoms with Gasteiger partial charge in [-0.05, 0) is 30.7 Å². The number of ether oxygens (including phenoxy) is 1. The van der Waals surface area contributed by atoms with Gasteiger partial charge in [-0.15, -0.1) is 0 Å². The monoisotopic (exact) mass is 278 g/mol. The molecule has 0 saturated carbocycles. The first-order valence-corrected chi connectivity index (χ1v) is 6.12. The number of methoxy groups -OCH3 is 1. The van der Waals surface area contributed by atoms with Crippen LogP contribution in [0.5, 0.6) is 5.75 Å². The number of rotatable bonds is 4. The van der Waals surface area contributed by atoms with Gasteiger partial charge in [0.15, 0.2) is 0 Å². The summed E-state index contributed by atoms with van der Waals surface area (Å²) in [6.07, 6.45) is 0. The Hall–Kier alpha value is -1.98. The highest BCUT2D eigenvalue weighted by molar-refractivity contribution is 5.43. The normalized spacial score (nSPS) is 12.2. The maximum Gasteiger partial charge on any atom is 0.126 e. The second kappa shape index (κ2) is 5.98. The van der Waals surface area contributed by atoms with Crippen LogP contribution in [0.3, 0.4) is 0 Å². The van der Waals surface area contributed by atoms with E-state index in [4.69, 9.17) is 10.6 Å². The molecule has 20 heavy (non-hydrogen) atoms. The van der Waals surface area contributed by atoms with Crippen LogP contribution >= 0.6 is 0 Å². The Morgan fingerprint density at radius 2 is 1.75 bits per heavy atom. The van der Waals surface area contributed by atoms with Crippen molar-refractivity contribution in [2.45, 2.75) is 13.0 Å². The van der Waals surface area contributed by atoms with Crippen LogP contribution in [0.2, 0.25) is 0 Å². The van der Waals surface area contributed by atoms with E-state index in [1.165, 1.54) is 19.2 Å². The topological polar surface area (TPSA) is 47.3 Å². The number of benzene rings is 2. The largest absolute Gasteiger partial charge is 0.496 e. The zero-order chi connectivity index (χ0) is 14.7. The summed E-state index contributed by atoms with van der Waals surface area (Å²) < 4.78 is 32.0. The minimum atomic E-state index is -0.646. The van der Waals surface area contributed by atoms with E-state index in [1.54, 1.807) is 6.07 Å². The molecular weight excluding hydrogens is 262 g/mol. The standard InChI is InChI=1S/C15H16F2N2O/c1-9-3-4-14(20-2)13(5-9)15(19-18)10-6-11(16)8-12(17)7-10/h3-8,15,19H,18H2,1-2H3. The number of hydrazine groups is 1. The van der Waals surface area contributed by atoms with Gasteiger partial charge >= 0.3 is 0 Å². The molecule has 3 nitrogen and oxygen atoms in total.